The number of nitrogens with one attached hydrogen (secondary N) is 3. The van der Waals surface area contributed by atoms with Crippen LogP contribution in [0.15, 0.2) is 66.7 Å². The Hall–Kier alpha value is -3.75. The van der Waals surface area contributed by atoms with Crippen LogP contribution in [0.5, 0.6) is 0 Å². The first-order valence-corrected chi connectivity index (χ1v) is 11.1. The minimum Gasteiger partial charge on any atom is -0.395 e. The van der Waals surface area contributed by atoms with E-state index in [0.29, 0.717) is 30.6 Å². The number of anilines is 2. The van der Waals surface area contributed by atoms with E-state index >= 15 is 0 Å². The van der Waals surface area contributed by atoms with Crippen LogP contribution in [0.4, 0.5) is 11.6 Å². The second-order valence-corrected chi connectivity index (χ2v) is 8.16. The van der Waals surface area contributed by atoms with Crippen molar-refractivity contribution in [2.75, 3.05) is 18.5 Å². The minimum absolute atomic E-state index is 0.0326. The third-order valence-corrected chi connectivity index (χ3v) is 5.54. The molecule has 0 atom stereocenters. The van der Waals surface area contributed by atoms with Gasteiger partial charge in [-0.25, -0.2) is 4.52 Å². The third-order valence-electron chi connectivity index (χ3n) is 5.54. The van der Waals surface area contributed by atoms with Crippen LogP contribution < -0.4 is 16.0 Å². The van der Waals surface area contributed by atoms with Gasteiger partial charge in [-0.05, 0) is 54.8 Å². The van der Waals surface area contributed by atoms with E-state index in [0.717, 1.165) is 41.0 Å². The molecule has 0 unspecified atom stereocenters. The SMILES string of the molecule is O=C(NC1CC1)c1ccc(Nc2nc3cccc(-c4ccc(CNCCO)cc4)n3n2)cc1. The number of carbonyl (C=O) groups excluding carboxylic acids is 1. The van der Waals surface area contributed by atoms with Crippen LogP contribution >= 0.6 is 0 Å². The maximum absolute atomic E-state index is 12.2. The molecule has 5 rings (SSSR count). The van der Waals surface area contributed by atoms with Crippen molar-refractivity contribution in [3.05, 3.63) is 77.9 Å². The number of aliphatic hydroxyl groups excluding tert-OH is 1. The molecule has 1 aliphatic carbocycles. The van der Waals surface area contributed by atoms with E-state index in [1.807, 2.05) is 34.8 Å². The molecular weight excluding hydrogens is 416 g/mol. The average Bonchev–Trinajstić information content (AvgIpc) is 3.55. The Morgan fingerprint density at radius 3 is 2.55 bits per heavy atom. The van der Waals surface area contributed by atoms with Crippen LogP contribution in [0.1, 0.15) is 28.8 Å². The molecule has 1 saturated carbocycles. The van der Waals surface area contributed by atoms with Gasteiger partial charge in [0, 0.05) is 35.9 Å². The number of hydrogen-bond donors (Lipinski definition) is 4. The number of fused-ring (bicyclic) bond motifs is 1. The number of pyridine rings is 1. The lowest BCUT2D eigenvalue weighted by molar-refractivity contribution is 0.0951. The smallest absolute Gasteiger partial charge is 0.251 e. The molecular formula is C25H26N6O2. The Labute approximate surface area is 191 Å². The molecule has 4 aromatic rings. The number of aliphatic hydroxyl groups is 1. The van der Waals surface area contributed by atoms with Gasteiger partial charge in [-0.15, -0.1) is 5.10 Å². The molecule has 8 nitrogen and oxygen atoms in total. The number of rotatable bonds is 9. The zero-order valence-electron chi connectivity index (χ0n) is 18.2. The first-order chi connectivity index (χ1) is 16.2. The van der Waals surface area contributed by atoms with Crippen LogP contribution in [0, 0.1) is 0 Å². The Balaban J connectivity index is 1.32. The van der Waals surface area contributed by atoms with Crippen LogP contribution in [0.2, 0.25) is 0 Å². The summed E-state index contributed by atoms with van der Waals surface area (Å²) in [4.78, 5) is 16.8. The van der Waals surface area contributed by atoms with E-state index in [1.165, 1.54) is 0 Å². The van der Waals surface area contributed by atoms with E-state index in [2.05, 4.69) is 50.3 Å². The van der Waals surface area contributed by atoms with E-state index in [1.54, 1.807) is 12.1 Å². The normalized spacial score (nSPS) is 13.2. The van der Waals surface area contributed by atoms with Gasteiger partial charge in [0.25, 0.3) is 5.91 Å². The summed E-state index contributed by atoms with van der Waals surface area (Å²) in [5.74, 6) is 0.456. The summed E-state index contributed by atoms with van der Waals surface area (Å²) < 4.78 is 1.82. The Morgan fingerprint density at radius 2 is 1.82 bits per heavy atom. The van der Waals surface area contributed by atoms with Crippen molar-refractivity contribution < 1.29 is 9.90 Å². The Bertz CT molecular complexity index is 1250. The number of amides is 1. The van der Waals surface area contributed by atoms with Crippen molar-refractivity contribution in [1.29, 1.82) is 0 Å². The predicted octanol–water partition coefficient (Wildman–Crippen LogP) is 3.11. The highest BCUT2D eigenvalue weighted by atomic mass is 16.3. The average molecular weight is 443 g/mol. The molecule has 33 heavy (non-hydrogen) atoms. The van der Waals surface area contributed by atoms with Crippen molar-refractivity contribution in [1.82, 2.24) is 25.2 Å². The fourth-order valence-corrected chi connectivity index (χ4v) is 3.61. The molecule has 4 N–H and O–H groups in total. The van der Waals surface area contributed by atoms with Gasteiger partial charge in [-0.3, -0.25) is 4.79 Å². The molecule has 2 aromatic heterocycles. The lowest BCUT2D eigenvalue weighted by Gasteiger charge is -2.07. The summed E-state index contributed by atoms with van der Waals surface area (Å²) >= 11 is 0. The second kappa shape index (κ2) is 9.40. The molecule has 2 aromatic carbocycles. The lowest BCUT2D eigenvalue weighted by atomic mass is 10.1. The van der Waals surface area contributed by atoms with Gasteiger partial charge in [0.15, 0.2) is 5.65 Å². The van der Waals surface area contributed by atoms with Gasteiger partial charge in [0.1, 0.15) is 0 Å². The van der Waals surface area contributed by atoms with Crippen LogP contribution in [-0.2, 0) is 6.54 Å². The molecule has 1 fully saturated rings. The first kappa shape index (κ1) is 21.1. The van der Waals surface area contributed by atoms with Gasteiger partial charge >= 0.3 is 0 Å². The zero-order chi connectivity index (χ0) is 22.6. The largest absolute Gasteiger partial charge is 0.395 e. The zero-order valence-corrected chi connectivity index (χ0v) is 18.2. The monoisotopic (exact) mass is 442 g/mol. The highest BCUT2D eigenvalue weighted by Crippen LogP contribution is 2.23. The molecule has 168 valence electrons. The fraction of sp³-hybridized carbons (Fsp3) is 0.240. The van der Waals surface area contributed by atoms with Gasteiger partial charge in [-0.2, -0.15) is 4.98 Å². The van der Waals surface area contributed by atoms with Gasteiger partial charge in [-0.1, -0.05) is 30.3 Å². The van der Waals surface area contributed by atoms with Crippen molar-refractivity contribution in [2.45, 2.75) is 25.4 Å². The molecule has 8 heteroatoms. The number of nitrogens with zero attached hydrogens (tertiary/aromatic N) is 3. The third kappa shape index (κ3) is 5.02. The summed E-state index contributed by atoms with van der Waals surface area (Å²) in [5, 5.41) is 22.9. The van der Waals surface area contributed by atoms with Gasteiger partial charge in [0.2, 0.25) is 5.95 Å². The standard InChI is InChI=1S/C25H26N6O2/c32-15-14-26-16-17-4-6-18(7-5-17)22-2-1-3-23-29-25(30-31(22)23)28-21-10-8-19(9-11-21)24(33)27-20-12-13-20/h1-11,20,26,32H,12-16H2,(H,27,33)(H,28,30). The van der Waals surface area contributed by atoms with Crippen LogP contribution in [0.3, 0.4) is 0 Å². The molecule has 1 amide bonds. The maximum Gasteiger partial charge on any atom is 0.251 e. The number of hydrogen-bond acceptors (Lipinski definition) is 6. The first-order valence-electron chi connectivity index (χ1n) is 11.1. The highest BCUT2D eigenvalue weighted by molar-refractivity contribution is 5.95. The molecule has 0 radical (unpaired) electrons. The lowest BCUT2D eigenvalue weighted by Crippen LogP contribution is -2.25. The summed E-state index contributed by atoms with van der Waals surface area (Å²) in [5.41, 5.74) is 5.32. The quantitative estimate of drug-likeness (QED) is 0.297. The van der Waals surface area contributed by atoms with E-state index in [-0.39, 0.29) is 12.5 Å². The molecule has 0 saturated heterocycles. The highest BCUT2D eigenvalue weighted by Gasteiger charge is 2.23. The molecule has 0 aliphatic heterocycles. The minimum atomic E-state index is -0.0326. The van der Waals surface area contributed by atoms with Crippen molar-refractivity contribution in [3.63, 3.8) is 0 Å². The molecule has 0 bridgehead atoms. The summed E-state index contributed by atoms with van der Waals surface area (Å²) in [6.45, 7) is 1.41. The van der Waals surface area contributed by atoms with E-state index < -0.39 is 0 Å². The van der Waals surface area contributed by atoms with Crippen molar-refractivity contribution in [3.8, 4) is 11.3 Å². The topological polar surface area (TPSA) is 104 Å². The number of carbonyl (C=O) groups is 1. The van der Waals surface area contributed by atoms with Gasteiger partial charge < -0.3 is 21.1 Å². The van der Waals surface area contributed by atoms with Crippen LogP contribution in [0.25, 0.3) is 16.9 Å². The summed E-state index contributed by atoms with van der Waals surface area (Å²) in [6.07, 6.45) is 2.14. The number of benzene rings is 2. The molecule has 2 heterocycles. The maximum atomic E-state index is 12.2. The Kier molecular flexibility index (Phi) is 6.01. The van der Waals surface area contributed by atoms with E-state index in [9.17, 15) is 4.79 Å². The molecule has 1 aliphatic rings. The Morgan fingerprint density at radius 1 is 1.03 bits per heavy atom. The predicted molar refractivity (Wildman–Crippen MR) is 127 cm³/mol. The number of aromatic nitrogens is 3. The van der Waals surface area contributed by atoms with Crippen molar-refractivity contribution >= 4 is 23.2 Å². The fourth-order valence-electron chi connectivity index (χ4n) is 3.61. The molecule has 0 spiro atoms. The summed E-state index contributed by atoms with van der Waals surface area (Å²) in [6, 6.07) is 21.8. The summed E-state index contributed by atoms with van der Waals surface area (Å²) in [7, 11) is 0. The van der Waals surface area contributed by atoms with Gasteiger partial charge in [0.05, 0.1) is 12.3 Å². The van der Waals surface area contributed by atoms with Crippen molar-refractivity contribution in [2.24, 2.45) is 0 Å². The second-order valence-electron chi connectivity index (χ2n) is 8.16. The van der Waals surface area contributed by atoms with E-state index in [4.69, 9.17) is 5.11 Å². The van der Waals surface area contributed by atoms with Crippen LogP contribution in [-0.4, -0.2) is 44.8 Å².